The zero-order valence-electron chi connectivity index (χ0n) is 14.4. The summed E-state index contributed by atoms with van der Waals surface area (Å²) < 4.78 is 16.1. The molecule has 4 aromatic heterocycles. The van der Waals surface area contributed by atoms with E-state index in [1.54, 1.807) is 24.6 Å². The molecule has 5 rings (SSSR count). The van der Waals surface area contributed by atoms with Gasteiger partial charge in [0.15, 0.2) is 11.6 Å². The summed E-state index contributed by atoms with van der Waals surface area (Å²) in [6.45, 7) is 1.44. The summed E-state index contributed by atoms with van der Waals surface area (Å²) in [7, 11) is 0. The van der Waals surface area contributed by atoms with Crippen LogP contribution in [0.4, 0.5) is 0 Å². The first kappa shape index (κ1) is 15.9. The van der Waals surface area contributed by atoms with Gasteiger partial charge in [-0.3, -0.25) is 9.88 Å². The molecule has 0 aromatic carbocycles. The Bertz CT molecular complexity index is 1010. The first-order valence-corrected chi connectivity index (χ1v) is 8.72. The SMILES string of the molecule is c1ccc(-c2noc([C@H]3CCCN3Cc3noc(-c4ccco4)n3)n2)nc1. The van der Waals surface area contributed by atoms with Crippen molar-refractivity contribution in [2.24, 2.45) is 0 Å². The number of furan rings is 1. The highest BCUT2D eigenvalue weighted by molar-refractivity contribution is 5.47. The highest BCUT2D eigenvalue weighted by Crippen LogP contribution is 2.33. The minimum absolute atomic E-state index is 0.0283. The Morgan fingerprint density at radius 2 is 2.07 bits per heavy atom. The Balaban J connectivity index is 1.33. The molecule has 27 heavy (non-hydrogen) atoms. The maximum Gasteiger partial charge on any atom is 0.293 e. The van der Waals surface area contributed by atoms with Crippen LogP contribution in [0.1, 0.15) is 30.6 Å². The lowest BCUT2D eigenvalue weighted by molar-refractivity contribution is 0.195. The van der Waals surface area contributed by atoms with Gasteiger partial charge in [0.25, 0.3) is 5.89 Å². The van der Waals surface area contributed by atoms with E-state index in [2.05, 4.69) is 30.2 Å². The maximum absolute atomic E-state index is 5.51. The van der Waals surface area contributed by atoms with E-state index >= 15 is 0 Å². The van der Waals surface area contributed by atoms with Gasteiger partial charge in [-0.05, 0) is 43.7 Å². The fourth-order valence-corrected chi connectivity index (χ4v) is 3.26. The lowest BCUT2D eigenvalue weighted by Gasteiger charge is -2.19. The van der Waals surface area contributed by atoms with E-state index in [1.165, 1.54) is 0 Å². The van der Waals surface area contributed by atoms with Crippen LogP contribution in [0.3, 0.4) is 0 Å². The van der Waals surface area contributed by atoms with E-state index in [0.29, 0.717) is 41.4 Å². The summed E-state index contributed by atoms with van der Waals surface area (Å²) >= 11 is 0. The van der Waals surface area contributed by atoms with Gasteiger partial charge in [0.2, 0.25) is 11.7 Å². The van der Waals surface area contributed by atoms with Crippen LogP contribution in [-0.4, -0.2) is 36.7 Å². The predicted molar refractivity (Wildman–Crippen MR) is 91.9 cm³/mol. The van der Waals surface area contributed by atoms with Crippen molar-refractivity contribution in [3.05, 3.63) is 54.5 Å². The van der Waals surface area contributed by atoms with Gasteiger partial charge in [-0.2, -0.15) is 9.97 Å². The summed E-state index contributed by atoms with van der Waals surface area (Å²) in [5.74, 6) is 2.61. The first-order chi connectivity index (χ1) is 13.4. The molecule has 0 radical (unpaired) electrons. The highest BCUT2D eigenvalue weighted by atomic mass is 16.5. The summed E-state index contributed by atoms with van der Waals surface area (Å²) in [5.41, 5.74) is 0.693. The van der Waals surface area contributed by atoms with Gasteiger partial charge >= 0.3 is 0 Å². The molecule has 1 aliphatic heterocycles. The number of nitrogens with zero attached hydrogens (tertiary/aromatic N) is 6. The van der Waals surface area contributed by atoms with Crippen LogP contribution in [0.2, 0.25) is 0 Å². The molecule has 1 atom stereocenters. The summed E-state index contributed by atoms with van der Waals surface area (Å²) in [6, 6.07) is 9.20. The maximum atomic E-state index is 5.51. The van der Waals surface area contributed by atoms with Crippen LogP contribution in [-0.2, 0) is 6.54 Å². The third-order valence-electron chi connectivity index (χ3n) is 4.53. The second-order valence-corrected chi connectivity index (χ2v) is 6.29. The van der Waals surface area contributed by atoms with Gasteiger partial charge in [0, 0.05) is 6.20 Å². The molecule has 9 nitrogen and oxygen atoms in total. The number of hydrogen-bond acceptors (Lipinski definition) is 9. The number of hydrogen-bond donors (Lipinski definition) is 0. The largest absolute Gasteiger partial charge is 0.459 e. The molecule has 0 N–H and O–H groups in total. The Morgan fingerprint density at radius 1 is 1.07 bits per heavy atom. The van der Waals surface area contributed by atoms with Gasteiger partial charge in [0.1, 0.15) is 5.69 Å². The normalized spacial score (nSPS) is 17.6. The molecule has 1 saturated heterocycles. The van der Waals surface area contributed by atoms with Crippen LogP contribution in [0.25, 0.3) is 23.2 Å². The van der Waals surface area contributed by atoms with Crippen LogP contribution in [0, 0.1) is 0 Å². The predicted octanol–water partition coefficient (Wildman–Crippen LogP) is 3.11. The fraction of sp³-hybridized carbons (Fsp3) is 0.278. The molecule has 9 heteroatoms. The van der Waals surface area contributed by atoms with Crippen molar-refractivity contribution in [3.63, 3.8) is 0 Å². The van der Waals surface area contributed by atoms with E-state index < -0.39 is 0 Å². The summed E-state index contributed by atoms with van der Waals surface area (Å²) in [5, 5.41) is 8.13. The van der Waals surface area contributed by atoms with Crippen LogP contribution in [0.15, 0.2) is 56.3 Å². The van der Waals surface area contributed by atoms with Crippen molar-refractivity contribution in [1.82, 2.24) is 30.2 Å². The van der Waals surface area contributed by atoms with Crippen molar-refractivity contribution < 1.29 is 13.5 Å². The van der Waals surface area contributed by atoms with Crippen molar-refractivity contribution in [3.8, 4) is 23.2 Å². The minimum Gasteiger partial charge on any atom is -0.459 e. The summed E-state index contributed by atoms with van der Waals surface area (Å²) in [6.07, 6.45) is 5.26. The molecule has 0 amide bonds. The second-order valence-electron chi connectivity index (χ2n) is 6.29. The van der Waals surface area contributed by atoms with Gasteiger partial charge in [-0.25, -0.2) is 0 Å². The quantitative estimate of drug-likeness (QED) is 0.528. The average molecular weight is 364 g/mol. The van der Waals surface area contributed by atoms with Gasteiger partial charge in [0.05, 0.1) is 18.8 Å². The Labute approximate surface area is 154 Å². The fourth-order valence-electron chi connectivity index (χ4n) is 3.26. The van der Waals surface area contributed by atoms with E-state index in [0.717, 1.165) is 19.4 Å². The molecule has 136 valence electrons. The second kappa shape index (κ2) is 6.76. The Morgan fingerprint density at radius 3 is 2.93 bits per heavy atom. The van der Waals surface area contributed by atoms with Crippen LogP contribution in [0.5, 0.6) is 0 Å². The monoisotopic (exact) mass is 364 g/mol. The molecule has 1 aliphatic rings. The highest BCUT2D eigenvalue weighted by Gasteiger charge is 2.32. The molecular formula is C18H16N6O3. The van der Waals surface area contributed by atoms with Crippen molar-refractivity contribution >= 4 is 0 Å². The van der Waals surface area contributed by atoms with Crippen LogP contribution >= 0.6 is 0 Å². The smallest absolute Gasteiger partial charge is 0.293 e. The van der Waals surface area contributed by atoms with Crippen molar-refractivity contribution in [1.29, 1.82) is 0 Å². The van der Waals surface area contributed by atoms with E-state index in [-0.39, 0.29) is 6.04 Å². The molecular weight excluding hydrogens is 348 g/mol. The van der Waals surface area contributed by atoms with E-state index in [4.69, 9.17) is 13.5 Å². The van der Waals surface area contributed by atoms with Gasteiger partial charge in [-0.1, -0.05) is 16.4 Å². The number of pyridine rings is 1. The molecule has 0 bridgehead atoms. The zero-order chi connectivity index (χ0) is 18.1. The third-order valence-corrected chi connectivity index (χ3v) is 4.53. The summed E-state index contributed by atoms with van der Waals surface area (Å²) in [4.78, 5) is 15.4. The molecule has 0 unspecified atom stereocenters. The van der Waals surface area contributed by atoms with Crippen LogP contribution < -0.4 is 0 Å². The molecule has 0 spiro atoms. The standard InChI is InChI=1S/C18H16N6O3/c1-2-8-19-12(5-1)16-21-17(26-23-16)13-6-3-9-24(13)11-15-20-18(27-22-15)14-7-4-10-25-14/h1-2,4-5,7-8,10,13H,3,6,9,11H2/t13-/m1/s1. The molecule has 0 aliphatic carbocycles. The lowest BCUT2D eigenvalue weighted by Crippen LogP contribution is -2.23. The van der Waals surface area contributed by atoms with E-state index in [9.17, 15) is 0 Å². The third kappa shape index (κ3) is 3.13. The van der Waals surface area contributed by atoms with Crippen molar-refractivity contribution in [2.75, 3.05) is 6.54 Å². The van der Waals surface area contributed by atoms with Gasteiger partial charge in [-0.15, -0.1) is 0 Å². The average Bonchev–Trinajstić information content (AvgIpc) is 3.48. The Hall–Kier alpha value is -3.33. The van der Waals surface area contributed by atoms with Crippen molar-refractivity contribution in [2.45, 2.75) is 25.4 Å². The number of aromatic nitrogens is 5. The topological polar surface area (TPSA) is 107 Å². The molecule has 4 aromatic rings. The number of likely N-dealkylation sites (tertiary alicyclic amines) is 1. The first-order valence-electron chi connectivity index (χ1n) is 8.72. The van der Waals surface area contributed by atoms with E-state index in [1.807, 2.05) is 18.2 Å². The lowest BCUT2D eigenvalue weighted by atomic mass is 10.2. The zero-order valence-corrected chi connectivity index (χ0v) is 14.4. The molecule has 5 heterocycles. The number of rotatable bonds is 5. The Kier molecular flexibility index (Phi) is 3.98. The minimum atomic E-state index is 0.0283. The van der Waals surface area contributed by atoms with Gasteiger partial charge < -0.3 is 13.5 Å². The molecule has 0 saturated carbocycles. The molecule has 1 fully saturated rings.